The summed E-state index contributed by atoms with van der Waals surface area (Å²) in [6.07, 6.45) is 10.4. The number of benzene rings is 2. The number of hydrogen-bond acceptors (Lipinski definition) is 5. The fourth-order valence-corrected chi connectivity index (χ4v) is 3.38. The van der Waals surface area contributed by atoms with E-state index in [-0.39, 0.29) is 0 Å². The van der Waals surface area contributed by atoms with Gasteiger partial charge >= 0.3 is 5.97 Å². The van der Waals surface area contributed by atoms with Gasteiger partial charge in [0.15, 0.2) is 0 Å². The Morgan fingerprint density at radius 2 is 1.26 bits per heavy atom. The Balaban J connectivity index is 1.26. The van der Waals surface area contributed by atoms with Crippen molar-refractivity contribution < 1.29 is 19.0 Å². The number of nitrogens with zero attached hydrogens (tertiary/aromatic N) is 1. The predicted octanol–water partition coefficient (Wildman–Crippen LogP) is 7.03. The van der Waals surface area contributed by atoms with Crippen molar-refractivity contribution in [3.05, 3.63) is 85.2 Å². The summed E-state index contributed by atoms with van der Waals surface area (Å²) in [5.74, 6) is 1.81. The van der Waals surface area contributed by atoms with Gasteiger partial charge in [0, 0.05) is 11.8 Å². The van der Waals surface area contributed by atoms with Gasteiger partial charge in [-0.05, 0) is 67.3 Å². The van der Waals surface area contributed by atoms with Crippen LogP contribution in [0, 0.1) is 0 Å². The molecular formula is C29H33NO4. The fourth-order valence-electron chi connectivity index (χ4n) is 3.38. The lowest BCUT2D eigenvalue weighted by Crippen LogP contribution is -2.07. The number of esters is 1. The van der Waals surface area contributed by atoms with Crippen molar-refractivity contribution in [1.29, 1.82) is 0 Å². The van der Waals surface area contributed by atoms with Crippen LogP contribution in [0.5, 0.6) is 17.2 Å². The zero-order valence-corrected chi connectivity index (χ0v) is 19.9. The molecule has 1 heterocycles. The van der Waals surface area contributed by atoms with Crippen LogP contribution in [0.3, 0.4) is 0 Å². The number of ether oxygens (including phenoxy) is 3. The normalized spacial score (nSPS) is 10.5. The minimum atomic E-state index is -0.416. The average Bonchev–Trinajstić information content (AvgIpc) is 2.86. The number of unbranched alkanes of at least 4 members (excludes halogenated alkanes) is 5. The van der Waals surface area contributed by atoms with E-state index in [1.165, 1.54) is 25.7 Å². The molecule has 0 aliphatic carbocycles. The van der Waals surface area contributed by atoms with E-state index in [0.717, 1.165) is 48.7 Å². The highest BCUT2D eigenvalue weighted by molar-refractivity contribution is 5.88. The standard InChI is InChI=1S/C29H33NO4/c1-23(2)29(31)34-27-17-13-25(14-18-27)24-11-15-26(16-12-24)32-20-7-5-3-4-6-8-21-33-28-10-9-19-30-22-28/h9-19,22H,1,3-8,20-21H2,2H3. The molecule has 0 atom stereocenters. The zero-order valence-electron chi connectivity index (χ0n) is 19.9. The summed E-state index contributed by atoms with van der Waals surface area (Å²) in [6.45, 7) is 6.70. The lowest BCUT2D eigenvalue weighted by atomic mass is 10.1. The largest absolute Gasteiger partial charge is 0.494 e. The summed E-state index contributed by atoms with van der Waals surface area (Å²) in [5, 5.41) is 0. The molecule has 2 aromatic carbocycles. The van der Waals surface area contributed by atoms with Crippen molar-refractivity contribution in [3.8, 4) is 28.4 Å². The van der Waals surface area contributed by atoms with Crippen LogP contribution in [0.2, 0.25) is 0 Å². The van der Waals surface area contributed by atoms with Gasteiger partial charge in [-0.1, -0.05) is 56.5 Å². The Morgan fingerprint density at radius 1 is 0.735 bits per heavy atom. The van der Waals surface area contributed by atoms with E-state index in [1.54, 1.807) is 31.5 Å². The minimum Gasteiger partial charge on any atom is -0.494 e. The molecule has 34 heavy (non-hydrogen) atoms. The van der Waals surface area contributed by atoms with Crippen molar-refractivity contribution in [2.75, 3.05) is 13.2 Å². The topological polar surface area (TPSA) is 57.7 Å². The summed E-state index contributed by atoms with van der Waals surface area (Å²) >= 11 is 0. The summed E-state index contributed by atoms with van der Waals surface area (Å²) in [7, 11) is 0. The van der Waals surface area contributed by atoms with Crippen molar-refractivity contribution in [2.24, 2.45) is 0 Å². The third-order valence-electron chi connectivity index (χ3n) is 5.31. The van der Waals surface area contributed by atoms with Gasteiger partial charge in [-0.2, -0.15) is 0 Å². The Kier molecular flexibility index (Phi) is 10.2. The molecule has 0 saturated carbocycles. The van der Waals surface area contributed by atoms with E-state index in [0.29, 0.717) is 11.3 Å². The second-order valence-corrected chi connectivity index (χ2v) is 8.23. The fraction of sp³-hybridized carbons (Fsp3) is 0.310. The first-order chi connectivity index (χ1) is 16.6. The van der Waals surface area contributed by atoms with Crippen LogP contribution in [0.4, 0.5) is 0 Å². The van der Waals surface area contributed by atoms with E-state index in [2.05, 4.69) is 11.6 Å². The first-order valence-electron chi connectivity index (χ1n) is 11.9. The number of aromatic nitrogens is 1. The average molecular weight is 460 g/mol. The van der Waals surface area contributed by atoms with Gasteiger partial charge in [-0.3, -0.25) is 4.98 Å². The van der Waals surface area contributed by atoms with E-state index in [4.69, 9.17) is 14.2 Å². The molecule has 0 amide bonds. The van der Waals surface area contributed by atoms with Gasteiger partial charge in [0.2, 0.25) is 0 Å². The lowest BCUT2D eigenvalue weighted by molar-refractivity contribution is -0.130. The molecule has 0 bridgehead atoms. The Hall–Kier alpha value is -3.60. The third kappa shape index (κ3) is 8.74. The molecular weight excluding hydrogens is 426 g/mol. The Labute approximate surface area is 202 Å². The monoisotopic (exact) mass is 459 g/mol. The molecule has 0 fully saturated rings. The predicted molar refractivity (Wildman–Crippen MR) is 135 cm³/mol. The molecule has 5 heteroatoms. The molecule has 1 aromatic heterocycles. The van der Waals surface area contributed by atoms with Crippen LogP contribution in [0.1, 0.15) is 45.4 Å². The third-order valence-corrected chi connectivity index (χ3v) is 5.31. The molecule has 3 aromatic rings. The second-order valence-electron chi connectivity index (χ2n) is 8.23. The van der Waals surface area contributed by atoms with E-state index in [1.807, 2.05) is 48.5 Å². The molecule has 3 rings (SSSR count). The smallest absolute Gasteiger partial charge is 0.338 e. The summed E-state index contributed by atoms with van der Waals surface area (Å²) in [6, 6.07) is 19.3. The highest BCUT2D eigenvalue weighted by Crippen LogP contribution is 2.25. The van der Waals surface area contributed by atoms with Crippen LogP contribution >= 0.6 is 0 Å². The number of hydrogen-bond donors (Lipinski definition) is 0. The van der Waals surface area contributed by atoms with E-state index >= 15 is 0 Å². The number of carbonyl (C=O) groups excluding carboxylic acids is 1. The maximum Gasteiger partial charge on any atom is 0.338 e. The molecule has 0 spiro atoms. The van der Waals surface area contributed by atoms with Gasteiger partial charge in [0.1, 0.15) is 17.2 Å². The van der Waals surface area contributed by atoms with Gasteiger partial charge in [-0.25, -0.2) is 4.79 Å². The second kappa shape index (κ2) is 13.8. The maximum atomic E-state index is 11.6. The number of carbonyl (C=O) groups is 1. The van der Waals surface area contributed by atoms with Crippen molar-refractivity contribution in [3.63, 3.8) is 0 Å². The van der Waals surface area contributed by atoms with Gasteiger partial charge < -0.3 is 14.2 Å². The van der Waals surface area contributed by atoms with Crippen molar-refractivity contribution in [1.82, 2.24) is 4.98 Å². The highest BCUT2D eigenvalue weighted by atomic mass is 16.5. The Bertz CT molecular complexity index is 1010. The van der Waals surface area contributed by atoms with Crippen LogP contribution in [-0.4, -0.2) is 24.2 Å². The zero-order chi connectivity index (χ0) is 24.0. The molecule has 0 aliphatic rings. The Morgan fingerprint density at radius 3 is 1.79 bits per heavy atom. The van der Waals surface area contributed by atoms with Crippen LogP contribution in [-0.2, 0) is 4.79 Å². The highest BCUT2D eigenvalue weighted by Gasteiger charge is 2.06. The summed E-state index contributed by atoms with van der Waals surface area (Å²) < 4.78 is 16.8. The van der Waals surface area contributed by atoms with Gasteiger partial charge in [0.25, 0.3) is 0 Å². The molecule has 0 unspecified atom stereocenters. The molecule has 0 aliphatic heterocycles. The molecule has 178 valence electrons. The minimum absolute atomic E-state index is 0.377. The summed E-state index contributed by atoms with van der Waals surface area (Å²) in [5.41, 5.74) is 2.51. The molecule has 0 radical (unpaired) electrons. The first-order valence-corrected chi connectivity index (χ1v) is 11.9. The van der Waals surface area contributed by atoms with Gasteiger partial charge in [-0.15, -0.1) is 0 Å². The number of rotatable bonds is 14. The van der Waals surface area contributed by atoms with Crippen molar-refractivity contribution >= 4 is 5.97 Å². The van der Waals surface area contributed by atoms with Crippen molar-refractivity contribution in [2.45, 2.75) is 45.4 Å². The van der Waals surface area contributed by atoms with E-state index < -0.39 is 5.97 Å². The van der Waals surface area contributed by atoms with Crippen LogP contribution < -0.4 is 14.2 Å². The SMILES string of the molecule is C=C(C)C(=O)Oc1ccc(-c2ccc(OCCCCCCCCOc3cccnc3)cc2)cc1. The molecule has 0 N–H and O–H groups in total. The van der Waals surface area contributed by atoms with Crippen LogP contribution in [0.25, 0.3) is 11.1 Å². The maximum absolute atomic E-state index is 11.6. The molecule has 0 saturated heterocycles. The summed E-state index contributed by atoms with van der Waals surface area (Å²) in [4.78, 5) is 15.6. The quantitative estimate of drug-likeness (QED) is 0.112. The van der Waals surface area contributed by atoms with Crippen LogP contribution in [0.15, 0.2) is 85.2 Å². The first kappa shape index (κ1) is 25.0. The van der Waals surface area contributed by atoms with Gasteiger partial charge in [0.05, 0.1) is 19.4 Å². The lowest BCUT2D eigenvalue weighted by Gasteiger charge is -2.09. The number of pyridine rings is 1. The molecule has 5 nitrogen and oxygen atoms in total. The van der Waals surface area contributed by atoms with E-state index in [9.17, 15) is 4.79 Å².